The average Bonchev–Trinajstić information content (AvgIpc) is 3.99. The van der Waals surface area contributed by atoms with E-state index in [4.69, 9.17) is 29.9 Å². The fourth-order valence-corrected chi connectivity index (χ4v) is 11.6. The zero-order valence-electron chi connectivity index (χ0n) is 32.1. The molecule has 0 unspecified atom stereocenters. The van der Waals surface area contributed by atoms with Crippen molar-refractivity contribution < 1.29 is 25.9 Å². The van der Waals surface area contributed by atoms with Crippen molar-refractivity contribution in [3.63, 3.8) is 0 Å². The second kappa shape index (κ2) is 13.8. The Bertz CT molecular complexity index is 3330. The highest BCUT2D eigenvalue weighted by molar-refractivity contribution is 7.86. The van der Waals surface area contributed by atoms with Crippen molar-refractivity contribution in [3.05, 3.63) is 96.1 Å². The second-order valence-electron chi connectivity index (χ2n) is 16.2. The lowest BCUT2D eigenvalue weighted by Crippen LogP contribution is -2.26. The summed E-state index contributed by atoms with van der Waals surface area (Å²) in [6, 6.07) is 27.7. The van der Waals surface area contributed by atoms with Crippen molar-refractivity contribution in [1.29, 1.82) is 0 Å². The lowest BCUT2D eigenvalue weighted by atomic mass is 9.78. The summed E-state index contributed by atoms with van der Waals surface area (Å²) in [4.78, 5) is 37.9. The van der Waals surface area contributed by atoms with Gasteiger partial charge in [0.2, 0.25) is 0 Å². The number of benzene rings is 4. The first-order valence-electron chi connectivity index (χ1n) is 20.2. The van der Waals surface area contributed by atoms with E-state index in [1.165, 1.54) is 0 Å². The van der Waals surface area contributed by atoms with Gasteiger partial charge in [-0.05, 0) is 74.3 Å². The summed E-state index contributed by atoms with van der Waals surface area (Å²) in [5, 5.41) is 1.69. The van der Waals surface area contributed by atoms with Crippen LogP contribution in [0.15, 0.2) is 84.9 Å². The Morgan fingerprint density at radius 1 is 0.417 bits per heavy atom. The predicted molar refractivity (Wildman–Crippen MR) is 229 cm³/mol. The van der Waals surface area contributed by atoms with E-state index in [0.29, 0.717) is 97.3 Å². The van der Waals surface area contributed by atoms with Gasteiger partial charge in [0, 0.05) is 43.8 Å². The Morgan fingerprint density at radius 2 is 0.750 bits per heavy atom. The number of rotatable bonds is 4. The highest BCUT2D eigenvalue weighted by Crippen LogP contribution is 2.46. The van der Waals surface area contributed by atoms with Crippen LogP contribution in [-0.2, 0) is 20.2 Å². The molecule has 0 saturated heterocycles. The van der Waals surface area contributed by atoms with Crippen LogP contribution in [0, 0.1) is 0 Å². The maximum Gasteiger partial charge on any atom is 0.267 e. The molecule has 2 aliphatic heterocycles. The molecule has 4 aliphatic rings. The van der Waals surface area contributed by atoms with Crippen molar-refractivity contribution in [3.8, 4) is 45.6 Å². The van der Waals surface area contributed by atoms with Gasteiger partial charge in [-0.3, -0.25) is 9.11 Å². The van der Waals surface area contributed by atoms with Gasteiger partial charge < -0.3 is 9.97 Å². The summed E-state index contributed by atoms with van der Waals surface area (Å²) in [6.45, 7) is 0. The number of fused-ring (bicyclic) bond motifs is 20. The predicted octanol–water partition coefficient (Wildman–Crippen LogP) is 8.70. The Morgan fingerprint density at radius 3 is 1.17 bits per heavy atom. The molecule has 2 fully saturated rings. The van der Waals surface area contributed by atoms with Crippen LogP contribution in [-0.4, -0.2) is 76.3 Å². The SMILES string of the molecule is O=S(=O)(O)C1CCC(c2ccc(C3CCC(S(=O)(=O)O)CC3)c3c4nc5[nH]c(nc6nc(nc7nc(nc([nH]4)c23)-c2ccccc2-7)-c2ccccc2-6)c2ccccc52)CC1. The number of aromatic nitrogens is 8. The van der Waals surface area contributed by atoms with Gasteiger partial charge in [-0.1, -0.05) is 84.9 Å². The molecule has 0 radical (unpaired) electrons. The average molecular weight is 839 g/mol. The van der Waals surface area contributed by atoms with E-state index in [1.54, 1.807) is 0 Å². The van der Waals surface area contributed by atoms with Crippen LogP contribution >= 0.6 is 0 Å². The van der Waals surface area contributed by atoms with Gasteiger partial charge in [0.25, 0.3) is 20.2 Å². The molecule has 4 N–H and O–H groups in total. The van der Waals surface area contributed by atoms with E-state index in [1.807, 2.05) is 72.8 Å². The van der Waals surface area contributed by atoms with E-state index in [2.05, 4.69) is 22.1 Å². The lowest BCUT2D eigenvalue weighted by molar-refractivity contribution is 0.399. The summed E-state index contributed by atoms with van der Waals surface area (Å²) in [6.07, 6.45) is 3.39. The summed E-state index contributed by atoms with van der Waals surface area (Å²) in [5.41, 5.74) is 7.39. The molecule has 0 spiro atoms. The van der Waals surface area contributed by atoms with Crippen LogP contribution in [0.4, 0.5) is 0 Å². The van der Waals surface area contributed by atoms with Gasteiger partial charge in [-0.25, -0.2) is 29.9 Å². The quantitative estimate of drug-likeness (QED) is 0.122. The van der Waals surface area contributed by atoms with Crippen molar-refractivity contribution in [1.82, 2.24) is 39.9 Å². The largest absolute Gasteiger partial charge is 0.324 e. The van der Waals surface area contributed by atoms with Gasteiger partial charge in [-0.2, -0.15) is 16.8 Å². The molecule has 0 amide bonds. The molecule has 8 bridgehead atoms. The maximum absolute atomic E-state index is 12.2. The molecule has 2 saturated carbocycles. The maximum atomic E-state index is 12.2. The minimum absolute atomic E-state index is 0.0542. The molecule has 2 aliphatic carbocycles. The number of hydrogen-bond donors (Lipinski definition) is 4. The molecule has 302 valence electrons. The number of aromatic amines is 2. The summed E-state index contributed by atoms with van der Waals surface area (Å²) in [5.74, 6) is 1.77. The van der Waals surface area contributed by atoms with Gasteiger partial charge in [0.15, 0.2) is 23.3 Å². The topological polar surface area (TPSA) is 218 Å². The number of nitrogens with one attached hydrogen (secondary N) is 2. The molecule has 3 aromatic heterocycles. The molecule has 60 heavy (non-hydrogen) atoms. The Hall–Kier alpha value is -5.94. The molecule has 16 heteroatoms. The lowest BCUT2D eigenvalue weighted by Gasteiger charge is -2.30. The normalized spacial score (nSPS) is 20.6. The van der Waals surface area contributed by atoms with Crippen LogP contribution in [0.25, 0.3) is 89.7 Å². The molecule has 7 aromatic rings. The minimum Gasteiger partial charge on any atom is -0.324 e. The Kier molecular flexibility index (Phi) is 8.53. The first kappa shape index (κ1) is 37.1. The van der Waals surface area contributed by atoms with Gasteiger partial charge in [0.1, 0.15) is 22.6 Å². The molecule has 11 rings (SSSR count). The van der Waals surface area contributed by atoms with Crippen LogP contribution < -0.4 is 0 Å². The van der Waals surface area contributed by atoms with Crippen LogP contribution in [0.2, 0.25) is 0 Å². The second-order valence-corrected chi connectivity index (χ2v) is 19.6. The first-order chi connectivity index (χ1) is 29.0. The zero-order chi connectivity index (χ0) is 40.9. The smallest absolute Gasteiger partial charge is 0.267 e. The zero-order valence-corrected chi connectivity index (χ0v) is 33.7. The van der Waals surface area contributed by atoms with E-state index >= 15 is 0 Å². The standard InChI is InChI=1S/C44H38N8O6S2/c53-59(54,55)25-17-13-23(14-18-25)27-21-22-28(24-15-19-26(20-16-24)60(56,57)58)36-35(27)43-50-41-33-11-5-3-9-31(33)39(48-41)46-37-29-7-1-2-8-30(29)38(45-37)47-40-32-10-4-6-12-34(32)42(49-40)51-44(36)52-43/h1-12,21-26H,13-20H2,(H,53,54,55)(H,56,57,58)(H2,45,46,47,48,49,50,51,52). The molecule has 0 atom stereocenters. The first-order valence-corrected chi connectivity index (χ1v) is 23.2. The van der Waals surface area contributed by atoms with Gasteiger partial charge >= 0.3 is 0 Å². The molecule has 5 heterocycles. The number of H-pyrrole nitrogens is 2. The monoisotopic (exact) mass is 838 g/mol. The van der Waals surface area contributed by atoms with Gasteiger partial charge in [-0.15, -0.1) is 0 Å². The summed E-state index contributed by atoms with van der Waals surface area (Å²) >= 11 is 0. The third-order valence-corrected chi connectivity index (χ3v) is 15.5. The molecular weight excluding hydrogens is 801 g/mol. The minimum atomic E-state index is -4.18. The van der Waals surface area contributed by atoms with Crippen LogP contribution in [0.5, 0.6) is 0 Å². The van der Waals surface area contributed by atoms with E-state index in [-0.39, 0.29) is 11.8 Å². The van der Waals surface area contributed by atoms with E-state index in [9.17, 15) is 25.9 Å². The summed E-state index contributed by atoms with van der Waals surface area (Å²) < 4.78 is 68.7. The van der Waals surface area contributed by atoms with Crippen molar-refractivity contribution in [2.24, 2.45) is 0 Å². The fourth-order valence-electron chi connectivity index (χ4n) is 9.85. The van der Waals surface area contributed by atoms with E-state index in [0.717, 1.165) is 54.9 Å². The third-order valence-electron chi connectivity index (χ3n) is 12.8. The Balaban J connectivity index is 1.25. The van der Waals surface area contributed by atoms with Crippen LogP contribution in [0.3, 0.4) is 0 Å². The highest BCUT2D eigenvalue weighted by Gasteiger charge is 2.35. The Labute approximate surface area is 344 Å². The molecule has 4 aromatic carbocycles. The van der Waals surface area contributed by atoms with Crippen molar-refractivity contribution >= 4 is 64.4 Å². The fraction of sp³-hybridized carbons (Fsp3) is 0.273. The third kappa shape index (κ3) is 6.19. The number of hydrogen-bond acceptors (Lipinski definition) is 10. The summed E-state index contributed by atoms with van der Waals surface area (Å²) in [7, 11) is -8.37. The highest BCUT2D eigenvalue weighted by atomic mass is 32.2. The molecular formula is C44H38N8O6S2. The van der Waals surface area contributed by atoms with E-state index < -0.39 is 30.7 Å². The number of nitrogens with zero attached hydrogens (tertiary/aromatic N) is 6. The van der Waals surface area contributed by atoms with Gasteiger partial charge in [0.05, 0.1) is 10.5 Å². The van der Waals surface area contributed by atoms with Crippen LogP contribution in [0.1, 0.15) is 74.3 Å². The molecule has 14 nitrogen and oxygen atoms in total. The van der Waals surface area contributed by atoms with Crippen molar-refractivity contribution in [2.45, 2.75) is 73.7 Å². The van der Waals surface area contributed by atoms with Crippen molar-refractivity contribution in [2.75, 3.05) is 0 Å².